The van der Waals surface area contributed by atoms with Crippen molar-refractivity contribution in [2.45, 2.75) is 26.2 Å². The third kappa shape index (κ3) is 2.50. The summed E-state index contributed by atoms with van der Waals surface area (Å²) in [7, 11) is 0. The molecule has 0 aliphatic heterocycles. The molecular formula is C10H15ClN4. The van der Waals surface area contributed by atoms with Crippen LogP contribution in [0, 0.1) is 5.41 Å². The van der Waals surface area contributed by atoms with Crippen LogP contribution in [0.5, 0.6) is 0 Å². The lowest BCUT2D eigenvalue weighted by Gasteiger charge is -2.38. The third-order valence-electron chi connectivity index (χ3n) is 2.97. The molecule has 0 unspecified atom stereocenters. The summed E-state index contributed by atoms with van der Waals surface area (Å²) in [5.41, 5.74) is 5.91. The monoisotopic (exact) mass is 226 g/mol. The first-order chi connectivity index (χ1) is 7.07. The molecule has 82 valence electrons. The van der Waals surface area contributed by atoms with Crippen molar-refractivity contribution in [2.75, 3.05) is 17.6 Å². The normalized spacial score (nSPS) is 18.3. The summed E-state index contributed by atoms with van der Waals surface area (Å²) >= 11 is 5.78. The average Bonchev–Trinajstić information content (AvgIpc) is 2.10. The highest BCUT2D eigenvalue weighted by molar-refractivity contribution is 6.29. The lowest BCUT2D eigenvalue weighted by molar-refractivity contribution is 0.180. The first-order valence-corrected chi connectivity index (χ1v) is 5.49. The number of hydrogen-bond acceptors (Lipinski definition) is 4. The van der Waals surface area contributed by atoms with Gasteiger partial charge in [-0.2, -0.15) is 4.98 Å². The summed E-state index contributed by atoms with van der Waals surface area (Å²) in [4.78, 5) is 7.87. The lowest BCUT2D eigenvalue weighted by atomic mass is 9.70. The Hall–Kier alpha value is -1.03. The minimum absolute atomic E-state index is 0.212. The van der Waals surface area contributed by atoms with Gasteiger partial charge in [0.2, 0.25) is 5.95 Å². The van der Waals surface area contributed by atoms with Gasteiger partial charge in [0.1, 0.15) is 11.0 Å². The fourth-order valence-electron chi connectivity index (χ4n) is 1.79. The summed E-state index contributed by atoms with van der Waals surface area (Å²) in [5, 5.41) is 3.63. The average molecular weight is 227 g/mol. The largest absolute Gasteiger partial charge is 0.369 e. The quantitative estimate of drug-likeness (QED) is 0.777. The third-order valence-corrected chi connectivity index (χ3v) is 3.16. The van der Waals surface area contributed by atoms with Gasteiger partial charge in [-0.1, -0.05) is 24.9 Å². The summed E-state index contributed by atoms with van der Waals surface area (Å²) < 4.78 is 0. The number of nitrogen functional groups attached to an aromatic ring is 1. The van der Waals surface area contributed by atoms with Gasteiger partial charge in [0.15, 0.2) is 0 Å². The van der Waals surface area contributed by atoms with Gasteiger partial charge >= 0.3 is 0 Å². The molecule has 1 heterocycles. The maximum Gasteiger partial charge on any atom is 0.223 e. The Kier molecular flexibility index (Phi) is 2.69. The first-order valence-electron chi connectivity index (χ1n) is 5.11. The molecule has 0 bridgehead atoms. The van der Waals surface area contributed by atoms with E-state index in [1.807, 2.05) is 0 Å². The molecule has 5 heteroatoms. The molecule has 1 aliphatic carbocycles. The number of aromatic nitrogens is 2. The smallest absolute Gasteiger partial charge is 0.223 e. The molecule has 0 saturated heterocycles. The Labute approximate surface area is 94.2 Å². The maximum absolute atomic E-state index is 5.78. The SMILES string of the molecule is CC1(CNc2cc(Cl)nc(N)n2)CCC1. The van der Waals surface area contributed by atoms with Crippen LogP contribution >= 0.6 is 11.6 Å². The molecule has 0 atom stereocenters. The van der Waals surface area contributed by atoms with E-state index >= 15 is 0 Å². The second-order valence-corrected chi connectivity index (χ2v) is 4.84. The van der Waals surface area contributed by atoms with E-state index in [0.717, 1.165) is 6.54 Å². The summed E-state index contributed by atoms with van der Waals surface area (Å²) in [6.45, 7) is 3.19. The van der Waals surface area contributed by atoms with Gasteiger partial charge in [0.05, 0.1) is 0 Å². The molecule has 1 aliphatic rings. The topological polar surface area (TPSA) is 63.8 Å². The van der Waals surface area contributed by atoms with E-state index in [1.54, 1.807) is 6.07 Å². The predicted molar refractivity (Wildman–Crippen MR) is 61.9 cm³/mol. The number of halogens is 1. The van der Waals surface area contributed by atoms with Crippen molar-refractivity contribution in [1.29, 1.82) is 0 Å². The van der Waals surface area contributed by atoms with E-state index < -0.39 is 0 Å². The molecule has 3 N–H and O–H groups in total. The summed E-state index contributed by atoms with van der Waals surface area (Å²) in [6.07, 6.45) is 3.87. The molecule has 15 heavy (non-hydrogen) atoms. The van der Waals surface area contributed by atoms with E-state index in [4.69, 9.17) is 17.3 Å². The van der Waals surface area contributed by atoms with Crippen LogP contribution in [0.1, 0.15) is 26.2 Å². The van der Waals surface area contributed by atoms with E-state index in [-0.39, 0.29) is 5.95 Å². The highest BCUT2D eigenvalue weighted by Crippen LogP contribution is 2.40. The molecule has 1 aromatic heterocycles. The van der Waals surface area contributed by atoms with Gasteiger partial charge in [-0.15, -0.1) is 0 Å². The van der Waals surface area contributed by atoms with Crippen LogP contribution in [0.2, 0.25) is 5.15 Å². The van der Waals surface area contributed by atoms with E-state index in [0.29, 0.717) is 16.4 Å². The van der Waals surface area contributed by atoms with Crippen LogP contribution in [0.4, 0.5) is 11.8 Å². The second-order valence-electron chi connectivity index (χ2n) is 4.45. The minimum Gasteiger partial charge on any atom is -0.369 e. The number of rotatable bonds is 3. The highest BCUT2D eigenvalue weighted by Gasteiger charge is 2.31. The number of nitrogens with zero attached hydrogens (tertiary/aromatic N) is 2. The molecule has 0 spiro atoms. The van der Waals surface area contributed by atoms with Crippen LogP contribution in [0.15, 0.2) is 6.07 Å². The highest BCUT2D eigenvalue weighted by atomic mass is 35.5. The molecule has 0 amide bonds. The van der Waals surface area contributed by atoms with Crippen LogP contribution < -0.4 is 11.1 Å². The zero-order valence-corrected chi connectivity index (χ0v) is 9.51. The number of nitrogens with one attached hydrogen (secondary N) is 1. The molecule has 2 rings (SSSR count). The number of hydrogen-bond donors (Lipinski definition) is 2. The zero-order valence-electron chi connectivity index (χ0n) is 8.76. The number of anilines is 2. The fraction of sp³-hybridized carbons (Fsp3) is 0.600. The van der Waals surface area contributed by atoms with Gasteiger partial charge in [-0.05, 0) is 18.3 Å². The maximum atomic E-state index is 5.78. The fourth-order valence-corrected chi connectivity index (χ4v) is 1.98. The molecule has 0 radical (unpaired) electrons. The van der Waals surface area contributed by atoms with Crippen molar-refractivity contribution in [2.24, 2.45) is 5.41 Å². The molecule has 1 saturated carbocycles. The molecule has 1 fully saturated rings. The number of nitrogens with two attached hydrogens (primary N) is 1. The van der Waals surface area contributed by atoms with Crippen molar-refractivity contribution in [1.82, 2.24) is 9.97 Å². The van der Waals surface area contributed by atoms with Crippen LogP contribution in [-0.4, -0.2) is 16.5 Å². The van der Waals surface area contributed by atoms with Crippen molar-refractivity contribution in [3.8, 4) is 0 Å². The van der Waals surface area contributed by atoms with Crippen molar-refractivity contribution in [3.63, 3.8) is 0 Å². The Morgan fingerprint density at radius 1 is 1.53 bits per heavy atom. The Bertz CT molecular complexity index is 342. The van der Waals surface area contributed by atoms with E-state index in [2.05, 4.69) is 22.2 Å². The molecule has 4 nitrogen and oxygen atoms in total. The van der Waals surface area contributed by atoms with Crippen LogP contribution in [-0.2, 0) is 0 Å². The molecular weight excluding hydrogens is 212 g/mol. The van der Waals surface area contributed by atoms with Crippen molar-refractivity contribution < 1.29 is 0 Å². The van der Waals surface area contributed by atoms with Gasteiger partial charge in [-0.3, -0.25) is 0 Å². The van der Waals surface area contributed by atoms with E-state index in [1.165, 1.54) is 19.3 Å². The zero-order chi connectivity index (χ0) is 10.9. The van der Waals surface area contributed by atoms with Gasteiger partial charge < -0.3 is 11.1 Å². The second kappa shape index (κ2) is 3.85. The van der Waals surface area contributed by atoms with Crippen LogP contribution in [0.25, 0.3) is 0 Å². The van der Waals surface area contributed by atoms with Crippen molar-refractivity contribution in [3.05, 3.63) is 11.2 Å². The Balaban J connectivity index is 1.98. The Morgan fingerprint density at radius 3 is 2.80 bits per heavy atom. The summed E-state index contributed by atoms with van der Waals surface area (Å²) in [6, 6.07) is 1.69. The van der Waals surface area contributed by atoms with Gasteiger partial charge in [0, 0.05) is 12.6 Å². The van der Waals surface area contributed by atoms with Crippen molar-refractivity contribution >= 4 is 23.4 Å². The van der Waals surface area contributed by atoms with Gasteiger partial charge in [0.25, 0.3) is 0 Å². The molecule has 0 aromatic carbocycles. The summed E-state index contributed by atoms with van der Waals surface area (Å²) in [5.74, 6) is 0.921. The van der Waals surface area contributed by atoms with Crippen LogP contribution in [0.3, 0.4) is 0 Å². The Morgan fingerprint density at radius 2 is 2.27 bits per heavy atom. The van der Waals surface area contributed by atoms with E-state index in [9.17, 15) is 0 Å². The molecule has 1 aromatic rings. The minimum atomic E-state index is 0.212. The first kappa shape index (κ1) is 10.5. The van der Waals surface area contributed by atoms with Gasteiger partial charge in [-0.25, -0.2) is 4.98 Å². The predicted octanol–water partition coefficient (Wildman–Crippen LogP) is 2.31. The lowest BCUT2D eigenvalue weighted by Crippen LogP contribution is -2.33. The standard InChI is InChI=1S/C10H15ClN4/c1-10(3-2-4-10)6-13-8-5-7(11)14-9(12)15-8/h5H,2-4,6H2,1H3,(H3,12,13,14,15).